The summed E-state index contributed by atoms with van der Waals surface area (Å²) < 4.78 is 5.41. The number of nitriles is 1. The third-order valence-corrected chi connectivity index (χ3v) is 5.14. The van der Waals surface area contributed by atoms with E-state index < -0.39 is 5.97 Å². The Morgan fingerprint density at radius 3 is 2.65 bits per heavy atom. The van der Waals surface area contributed by atoms with Gasteiger partial charge in [-0.2, -0.15) is 10.2 Å². The predicted octanol–water partition coefficient (Wildman–Crippen LogP) is 2.31. The fraction of sp³-hybridized carbons (Fsp3) is 0.381. The molecule has 1 aliphatic heterocycles. The molecule has 0 atom stereocenters. The second-order valence-corrected chi connectivity index (χ2v) is 7.41. The molecule has 3 rings (SSSR count). The third-order valence-electron chi connectivity index (χ3n) is 5.14. The number of rotatable bonds is 7. The second kappa shape index (κ2) is 9.40. The summed E-state index contributed by atoms with van der Waals surface area (Å²) in [6.45, 7) is 2.88. The summed E-state index contributed by atoms with van der Waals surface area (Å²) in [6, 6.07) is 4.75. The zero-order chi connectivity index (χ0) is 22.5. The molecular weight excluding hydrogens is 400 g/mol. The van der Waals surface area contributed by atoms with Gasteiger partial charge in [0.25, 0.3) is 0 Å². The lowest BCUT2D eigenvalue weighted by atomic mass is 10.0. The zero-order valence-corrected chi connectivity index (χ0v) is 17.6. The minimum Gasteiger partial charge on any atom is -0.478 e. The van der Waals surface area contributed by atoms with Crippen LogP contribution >= 0.6 is 0 Å². The molecule has 0 aliphatic carbocycles. The van der Waals surface area contributed by atoms with Gasteiger partial charge in [-0.15, -0.1) is 0 Å². The van der Waals surface area contributed by atoms with Crippen molar-refractivity contribution in [3.8, 4) is 6.07 Å². The van der Waals surface area contributed by atoms with Gasteiger partial charge < -0.3 is 20.1 Å². The summed E-state index contributed by atoms with van der Waals surface area (Å²) >= 11 is 0. The number of carbonyl (C=O) groups is 2. The van der Waals surface area contributed by atoms with Gasteiger partial charge in [-0.3, -0.25) is 9.69 Å². The number of carboxylic acids is 1. The largest absolute Gasteiger partial charge is 0.478 e. The van der Waals surface area contributed by atoms with E-state index in [0.717, 1.165) is 6.41 Å². The second-order valence-electron chi connectivity index (χ2n) is 7.41. The van der Waals surface area contributed by atoms with E-state index in [1.54, 1.807) is 18.0 Å². The number of anilines is 4. The molecule has 10 heteroatoms. The van der Waals surface area contributed by atoms with E-state index >= 15 is 0 Å². The normalized spacial score (nSPS) is 13.9. The molecule has 0 spiro atoms. The predicted molar refractivity (Wildman–Crippen MR) is 115 cm³/mol. The first-order valence-corrected chi connectivity index (χ1v) is 9.76. The van der Waals surface area contributed by atoms with E-state index in [4.69, 9.17) is 4.74 Å². The number of nitrogens with zero attached hydrogens (tertiary/aromatic N) is 5. The average molecular weight is 424 g/mol. The molecule has 10 nitrogen and oxygen atoms in total. The maximum absolute atomic E-state index is 12.0. The van der Waals surface area contributed by atoms with Crippen molar-refractivity contribution in [1.29, 1.82) is 5.26 Å². The van der Waals surface area contributed by atoms with Crippen LogP contribution in [0.3, 0.4) is 0 Å². The molecule has 162 valence electrons. The minimum atomic E-state index is -1.17. The van der Waals surface area contributed by atoms with Gasteiger partial charge in [0.1, 0.15) is 6.07 Å². The average Bonchev–Trinajstić information content (AvgIpc) is 2.76. The smallest absolute Gasteiger partial charge is 0.337 e. The number of carboxylic acid groups (broad SMARTS) is 1. The number of carbonyl (C=O) groups excluding carboxylic acids is 1. The van der Waals surface area contributed by atoms with Crippen molar-refractivity contribution in [1.82, 2.24) is 9.97 Å². The first-order valence-electron chi connectivity index (χ1n) is 9.76. The molecule has 1 aliphatic rings. The van der Waals surface area contributed by atoms with Crippen LogP contribution in [0.5, 0.6) is 0 Å². The van der Waals surface area contributed by atoms with E-state index in [2.05, 4.69) is 15.3 Å². The third kappa shape index (κ3) is 4.73. The fourth-order valence-corrected chi connectivity index (χ4v) is 3.44. The van der Waals surface area contributed by atoms with Crippen LogP contribution in [0, 0.1) is 18.3 Å². The van der Waals surface area contributed by atoms with Crippen molar-refractivity contribution in [2.45, 2.75) is 25.8 Å². The van der Waals surface area contributed by atoms with Crippen molar-refractivity contribution in [2.24, 2.45) is 0 Å². The highest BCUT2D eigenvalue weighted by molar-refractivity contribution is 5.92. The van der Waals surface area contributed by atoms with Crippen molar-refractivity contribution in [2.75, 3.05) is 42.4 Å². The Bertz CT molecular complexity index is 1030. The zero-order valence-electron chi connectivity index (χ0n) is 17.6. The lowest BCUT2D eigenvalue weighted by Gasteiger charge is -2.32. The monoisotopic (exact) mass is 424 g/mol. The van der Waals surface area contributed by atoms with Crippen LogP contribution in [0.15, 0.2) is 18.3 Å². The minimum absolute atomic E-state index is 0.0301. The first kappa shape index (κ1) is 22.0. The number of aromatic carboxylic acids is 1. The Morgan fingerprint density at radius 1 is 1.35 bits per heavy atom. The molecule has 0 unspecified atom stereocenters. The molecule has 1 aromatic carbocycles. The van der Waals surface area contributed by atoms with Gasteiger partial charge in [0.05, 0.1) is 23.0 Å². The lowest BCUT2D eigenvalue weighted by molar-refractivity contribution is -0.108. The Hall–Kier alpha value is -3.71. The Labute approximate surface area is 180 Å². The van der Waals surface area contributed by atoms with Crippen molar-refractivity contribution in [3.05, 3.63) is 35.0 Å². The highest BCUT2D eigenvalue weighted by Crippen LogP contribution is 2.31. The van der Waals surface area contributed by atoms with Gasteiger partial charge in [-0.05, 0) is 37.5 Å². The summed E-state index contributed by atoms with van der Waals surface area (Å²) in [6.07, 6.45) is 3.81. The maximum Gasteiger partial charge on any atom is 0.337 e. The Kier molecular flexibility index (Phi) is 6.67. The number of hydrogen-bond acceptors (Lipinski definition) is 8. The maximum atomic E-state index is 12.0. The lowest BCUT2D eigenvalue weighted by Crippen LogP contribution is -2.40. The van der Waals surface area contributed by atoms with Crippen LogP contribution in [-0.2, 0) is 9.53 Å². The number of nitrogens with one attached hydrogen (secondary N) is 1. The molecule has 0 saturated carbocycles. The van der Waals surface area contributed by atoms with E-state index in [9.17, 15) is 20.0 Å². The Morgan fingerprint density at radius 2 is 2.06 bits per heavy atom. The van der Waals surface area contributed by atoms with Crippen LogP contribution in [0.2, 0.25) is 0 Å². The Balaban J connectivity index is 2.00. The number of aromatic nitrogens is 2. The quantitative estimate of drug-likeness (QED) is 0.643. The van der Waals surface area contributed by atoms with Crippen LogP contribution in [0.1, 0.15) is 34.3 Å². The summed E-state index contributed by atoms with van der Waals surface area (Å²) in [5.41, 5.74) is 1.77. The van der Waals surface area contributed by atoms with Crippen molar-refractivity contribution in [3.63, 3.8) is 0 Å². The van der Waals surface area contributed by atoms with Gasteiger partial charge in [0.15, 0.2) is 5.82 Å². The summed E-state index contributed by atoms with van der Waals surface area (Å²) in [5, 5.41) is 21.6. The molecule has 0 bridgehead atoms. The van der Waals surface area contributed by atoms with E-state index in [1.807, 2.05) is 25.1 Å². The first-order chi connectivity index (χ1) is 14.8. The molecule has 2 aromatic rings. The van der Waals surface area contributed by atoms with E-state index in [1.165, 1.54) is 12.1 Å². The van der Waals surface area contributed by atoms with E-state index in [-0.39, 0.29) is 23.1 Å². The molecule has 1 aromatic heterocycles. The molecular formula is C21H24N6O4. The number of hydrogen-bond donors (Lipinski definition) is 2. The van der Waals surface area contributed by atoms with Gasteiger partial charge >= 0.3 is 5.97 Å². The summed E-state index contributed by atoms with van der Waals surface area (Å²) in [5.74, 6) is -0.475. The molecule has 31 heavy (non-hydrogen) atoms. The fourth-order valence-electron chi connectivity index (χ4n) is 3.44. The highest BCUT2D eigenvalue weighted by atomic mass is 16.5. The van der Waals surface area contributed by atoms with Crippen LogP contribution in [0.4, 0.5) is 23.1 Å². The molecule has 1 saturated heterocycles. The number of aryl methyl sites for hydroxylation is 1. The number of amides is 1. The molecule has 1 amide bonds. The van der Waals surface area contributed by atoms with Gasteiger partial charge in [0, 0.05) is 39.0 Å². The standard InChI is InChI=1S/C21H24N6O4/c1-13-8-16(20(29)30)14(10-22)9-17(13)24-21-23-11-18(26(2)3)19(25-21)27(12-28)15-4-6-31-7-5-15/h8-9,11-12,15H,4-7H2,1-3H3,(H,29,30)(H,23,24,25). The molecule has 0 radical (unpaired) electrons. The molecule has 1 fully saturated rings. The van der Waals surface area contributed by atoms with Crippen LogP contribution in [-0.4, -0.2) is 60.8 Å². The molecule has 2 N–H and O–H groups in total. The van der Waals surface area contributed by atoms with Crippen molar-refractivity contribution >= 4 is 35.5 Å². The number of ether oxygens (including phenoxy) is 1. The van der Waals surface area contributed by atoms with Gasteiger partial charge in [0.2, 0.25) is 12.4 Å². The van der Waals surface area contributed by atoms with Gasteiger partial charge in [-0.25, -0.2) is 9.78 Å². The van der Waals surface area contributed by atoms with Gasteiger partial charge in [-0.1, -0.05) is 0 Å². The van der Waals surface area contributed by atoms with Crippen LogP contribution < -0.4 is 15.1 Å². The number of benzene rings is 1. The SMILES string of the molecule is Cc1cc(C(=O)O)c(C#N)cc1Nc1ncc(N(C)C)c(N(C=O)C2CCOCC2)n1. The van der Waals surface area contributed by atoms with E-state index in [0.29, 0.717) is 48.8 Å². The topological polar surface area (TPSA) is 132 Å². The highest BCUT2D eigenvalue weighted by Gasteiger charge is 2.26. The summed E-state index contributed by atoms with van der Waals surface area (Å²) in [7, 11) is 3.69. The molecule has 2 heterocycles. The summed E-state index contributed by atoms with van der Waals surface area (Å²) in [4.78, 5) is 35.7. The van der Waals surface area contributed by atoms with Crippen molar-refractivity contribution < 1.29 is 19.4 Å². The van der Waals surface area contributed by atoms with Crippen LogP contribution in [0.25, 0.3) is 0 Å².